The Hall–Kier alpha value is -0.910. The minimum atomic E-state index is -3.66. The summed E-state index contributed by atoms with van der Waals surface area (Å²) in [5.41, 5.74) is 0.922. The number of benzene rings is 1. The summed E-state index contributed by atoms with van der Waals surface area (Å²) in [6.45, 7) is 14.0. The molecule has 0 radical (unpaired) electrons. The van der Waals surface area contributed by atoms with Gasteiger partial charge >= 0.3 is 0 Å². The zero-order valence-electron chi connectivity index (χ0n) is 17.6. The summed E-state index contributed by atoms with van der Waals surface area (Å²) in [4.78, 5) is 7.14. The number of halogens is 1. The Morgan fingerprint density at radius 1 is 1.11 bits per heavy atom. The second-order valence-electron chi connectivity index (χ2n) is 7.09. The van der Waals surface area contributed by atoms with Gasteiger partial charge in [-0.2, -0.15) is 0 Å². The highest BCUT2D eigenvalue weighted by Gasteiger charge is 2.12. The van der Waals surface area contributed by atoms with Crippen LogP contribution in [0.15, 0.2) is 34.2 Å². The van der Waals surface area contributed by atoms with Crippen molar-refractivity contribution in [1.82, 2.24) is 15.5 Å². The number of aliphatic imine (C=N–C) groups is 1. The van der Waals surface area contributed by atoms with E-state index in [1.807, 2.05) is 6.92 Å². The van der Waals surface area contributed by atoms with Gasteiger partial charge in [0, 0.05) is 31.7 Å². The smallest absolute Gasteiger partial charge is 0.238 e. The van der Waals surface area contributed by atoms with Crippen LogP contribution in [0.25, 0.3) is 0 Å². The topological polar surface area (TPSA) is 99.8 Å². The van der Waals surface area contributed by atoms with Crippen molar-refractivity contribution >= 4 is 40.0 Å². The van der Waals surface area contributed by atoms with Crippen LogP contribution in [-0.4, -0.2) is 51.0 Å². The molecule has 0 heterocycles. The van der Waals surface area contributed by atoms with E-state index >= 15 is 0 Å². The number of nitrogens with two attached hydrogens (primary N) is 1. The van der Waals surface area contributed by atoms with Crippen LogP contribution in [0.4, 0.5) is 0 Å². The molecule has 162 valence electrons. The Morgan fingerprint density at radius 2 is 1.68 bits per heavy atom. The number of hydrogen-bond acceptors (Lipinski definition) is 4. The third-order valence-corrected chi connectivity index (χ3v) is 5.16. The first-order chi connectivity index (χ1) is 12.6. The normalized spacial score (nSPS) is 12.4. The molecule has 0 aliphatic rings. The molecule has 9 heteroatoms. The summed E-state index contributed by atoms with van der Waals surface area (Å²) < 4.78 is 22.6. The lowest BCUT2D eigenvalue weighted by atomic mass is 10.2. The molecule has 0 amide bonds. The molecule has 0 unspecified atom stereocenters. The summed E-state index contributed by atoms with van der Waals surface area (Å²) >= 11 is 0. The second kappa shape index (κ2) is 13.3. The van der Waals surface area contributed by atoms with Gasteiger partial charge in [-0.15, -0.1) is 24.0 Å². The summed E-state index contributed by atoms with van der Waals surface area (Å²) in [6, 6.07) is 7.55. The van der Waals surface area contributed by atoms with Crippen molar-refractivity contribution in [1.29, 1.82) is 0 Å². The molecular formula is C19H36IN5O2S. The van der Waals surface area contributed by atoms with Crippen LogP contribution in [0.5, 0.6) is 0 Å². The van der Waals surface area contributed by atoms with Crippen LogP contribution in [0.1, 0.15) is 46.6 Å². The molecule has 1 aromatic carbocycles. The van der Waals surface area contributed by atoms with Crippen molar-refractivity contribution < 1.29 is 8.42 Å². The predicted molar refractivity (Wildman–Crippen MR) is 128 cm³/mol. The molecule has 28 heavy (non-hydrogen) atoms. The Balaban J connectivity index is 0.00000729. The van der Waals surface area contributed by atoms with Gasteiger partial charge in [0.1, 0.15) is 0 Å². The Bertz CT molecular complexity index is 683. The van der Waals surface area contributed by atoms with E-state index in [-0.39, 0.29) is 28.9 Å². The lowest BCUT2D eigenvalue weighted by molar-refractivity contribution is 0.173. The highest BCUT2D eigenvalue weighted by Crippen LogP contribution is 2.09. The average molecular weight is 526 g/mol. The first-order valence-corrected chi connectivity index (χ1v) is 11.1. The summed E-state index contributed by atoms with van der Waals surface area (Å²) in [7, 11) is -3.66. The first kappa shape index (κ1) is 27.1. The van der Waals surface area contributed by atoms with Crippen LogP contribution in [-0.2, 0) is 16.6 Å². The van der Waals surface area contributed by atoms with Crippen molar-refractivity contribution in [3.8, 4) is 0 Å². The van der Waals surface area contributed by atoms with Crippen molar-refractivity contribution in [3.05, 3.63) is 29.8 Å². The molecule has 0 aliphatic heterocycles. The fraction of sp³-hybridized carbons (Fsp3) is 0.632. The second-order valence-corrected chi connectivity index (χ2v) is 8.65. The molecule has 0 spiro atoms. The molecule has 0 fully saturated rings. The SMILES string of the molecule is CCNC(=NCc1ccc(S(N)(=O)=O)cc1)NCCCN(C(C)C)C(C)C.I. The van der Waals surface area contributed by atoms with Gasteiger partial charge in [-0.3, -0.25) is 4.90 Å². The maximum absolute atomic E-state index is 11.3. The fourth-order valence-electron chi connectivity index (χ4n) is 2.88. The summed E-state index contributed by atoms with van der Waals surface area (Å²) in [6.07, 6.45) is 1.03. The van der Waals surface area contributed by atoms with Crippen molar-refractivity contribution in [2.24, 2.45) is 10.1 Å². The zero-order valence-corrected chi connectivity index (χ0v) is 20.8. The number of nitrogens with zero attached hydrogens (tertiary/aromatic N) is 2. The molecule has 7 nitrogen and oxygen atoms in total. The fourth-order valence-corrected chi connectivity index (χ4v) is 3.39. The van der Waals surface area contributed by atoms with Crippen LogP contribution in [0, 0.1) is 0 Å². The van der Waals surface area contributed by atoms with Gasteiger partial charge in [0.2, 0.25) is 10.0 Å². The largest absolute Gasteiger partial charge is 0.357 e. The Labute approximate surface area is 187 Å². The number of primary sulfonamides is 1. The number of guanidine groups is 1. The molecule has 4 N–H and O–H groups in total. The minimum Gasteiger partial charge on any atom is -0.357 e. The van der Waals surface area contributed by atoms with E-state index in [0.717, 1.165) is 37.6 Å². The van der Waals surface area contributed by atoms with E-state index in [1.54, 1.807) is 12.1 Å². The standard InChI is InChI=1S/C19H35N5O2S.HI/c1-6-21-19(22-12-7-13-24(15(2)3)16(4)5)23-14-17-8-10-18(11-9-17)27(20,25)26;/h8-11,15-16H,6-7,12-14H2,1-5H3,(H2,20,25,26)(H2,21,22,23);1H. The van der Waals surface area contributed by atoms with Gasteiger partial charge in [-0.25, -0.2) is 18.5 Å². The van der Waals surface area contributed by atoms with E-state index < -0.39 is 10.0 Å². The minimum absolute atomic E-state index is 0. The number of nitrogens with one attached hydrogen (secondary N) is 2. The zero-order chi connectivity index (χ0) is 20.4. The maximum atomic E-state index is 11.3. The first-order valence-electron chi connectivity index (χ1n) is 9.54. The molecule has 0 bridgehead atoms. The molecule has 0 aromatic heterocycles. The van der Waals surface area contributed by atoms with Gasteiger partial charge in [-0.1, -0.05) is 12.1 Å². The number of sulfonamides is 1. The van der Waals surface area contributed by atoms with E-state index in [0.29, 0.717) is 18.6 Å². The summed E-state index contributed by atoms with van der Waals surface area (Å²) in [5.74, 6) is 0.758. The Kier molecular flexibility index (Phi) is 12.9. The van der Waals surface area contributed by atoms with Crippen LogP contribution in [0.3, 0.4) is 0 Å². The van der Waals surface area contributed by atoms with Gasteiger partial charge in [0.05, 0.1) is 11.4 Å². The monoisotopic (exact) mass is 525 g/mol. The van der Waals surface area contributed by atoms with E-state index in [2.05, 4.69) is 48.2 Å². The van der Waals surface area contributed by atoms with Crippen LogP contribution in [0.2, 0.25) is 0 Å². The van der Waals surface area contributed by atoms with Gasteiger partial charge in [-0.05, 0) is 58.7 Å². The van der Waals surface area contributed by atoms with Gasteiger partial charge in [0.15, 0.2) is 5.96 Å². The third-order valence-electron chi connectivity index (χ3n) is 4.23. The molecule has 0 atom stereocenters. The maximum Gasteiger partial charge on any atom is 0.238 e. The molecule has 1 rings (SSSR count). The molecule has 1 aromatic rings. The van der Waals surface area contributed by atoms with E-state index in [9.17, 15) is 8.42 Å². The lowest BCUT2D eigenvalue weighted by Crippen LogP contribution is -2.41. The molecule has 0 saturated heterocycles. The van der Waals surface area contributed by atoms with Crippen molar-refractivity contribution in [3.63, 3.8) is 0 Å². The Morgan fingerprint density at radius 3 is 2.14 bits per heavy atom. The predicted octanol–water partition coefficient (Wildman–Crippen LogP) is 2.52. The molecule has 0 aliphatic carbocycles. The van der Waals surface area contributed by atoms with Gasteiger partial charge in [0.25, 0.3) is 0 Å². The lowest BCUT2D eigenvalue weighted by Gasteiger charge is -2.30. The quantitative estimate of drug-likeness (QED) is 0.189. The molecule has 0 saturated carbocycles. The number of hydrogen-bond donors (Lipinski definition) is 3. The molecular weight excluding hydrogens is 489 g/mol. The summed E-state index contributed by atoms with van der Waals surface area (Å²) in [5, 5.41) is 11.7. The van der Waals surface area contributed by atoms with Crippen LogP contribution >= 0.6 is 24.0 Å². The average Bonchev–Trinajstić information content (AvgIpc) is 2.58. The van der Waals surface area contributed by atoms with E-state index in [4.69, 9.17) is 5.14 Å². The number of rotatable bonds is 10. The van der Waals surface area contributed by atoms with Gasteiger partial charge < -0.3 is 10.6 Å². The highest BCUT2D eigenvalue weighted by molar-refractivity contribution is 14.0. The third kappa shape index (κ3) is 10.0. The van der Waals surface area contributed by atoms with Crippen molar-refractivity contribution in [2.75, 3.05) is 19.6 Å². The highest BCUT2D eigenvalue weighted by atomic mass is 127. The van der Waals surface area contributed by atoms with Crippen LogP contribution < -0.4 is 15.8 Å². The van der Waals surface area contributed by atoms with Crippen molar-refractivity contribution in [2.45, 2.75) is 64.6 Å². The van der Waals surface area contributed by atoms with E-state index in [1.165, 1.54) is 12.1 Å².